The van der Waals surface area contributed by atoms with E-state index in [1.54, 1.807) is 24.3 Å². The number of hydrogen-bond donors (Lipinski definition) is 1. The summed E-state index contributed by atoms with van der Waals surface area (Å²) in [5.74, 6) is -0.435. The molecule has 21 heavy (non-hydrogen) atoms. The van der Waals surface area contributed by atoms with E-state index >= 15 is 0 Å². The second kappa shape index (κ2) is 6.56. The lowest BCUT2D eigenvalue weighted by Crippen LogP contribution is -2.23. The van der Waals surface area contributed by atoms with E-state index in [0.717, 1.165) is 11.6 Å². The molecule has 5 nitrogen and oxygen atoms in total. The van der Waals surface area contributed by atoms with Crippen LogP contribution in [0.1, 0.15) is 15.9 Å². The molecule has 0 aromatic heterocycles. The van der Waals surface area contributed by atoms with Gasteiger partial charge in [-0.15, -0.1) is 0 Å². The zero-order valence-electron chi connectivity index (χ0n) is 10.7. The average molecular weight is 325 g/mol. The van der Waals surface area contributed by atoms with Gasteiger partial charge >= 0.3 is 0 Å². The summed E-state index contributed by atoms with van der Waals surface area (Å²) in [5, 5.41) is 14.0. The third-order valence-electron chi connectivity index (χ3n) is 2.80. The number of amides is 1. The number of carbonyl (C=O) groups is 1. The van der Waals surface area contributed by atoms with Gasteiger partial charge in [-0.25, -0.2) is 0 Å². The highest BCUT2D eigenvalue weighted by atomic mass is 35.5. The second-order valence-electron chi connectivity index (χ2n) is 4.20. The molecule has 0 radical (unpaired) electrons. The van der Waals surface area contributed by atoms with Gasteiger partial charge in [-0.2, -0.15) is 0 Å². The monoisotopic (exact) mass is 324 g/mol. The SMILES string of the molecule is O=C(NCc1ccccc1Cl)c1ccc(Cl)c([N+](=O)[O-])c1. The Bertz CT molecular complexity index is 704. The summed E-state index contributed by atoms with van der Waals surface area (Å²) in [6, 6.07) is 11.0. The van der Waals surface area contributed by atoms with Crippen molar-refractivity contribution < 1.29 is 9.72 Å². The molecule has 0 spiro atoms. The topological polar surface area (TPSA) is 72.2 Å². The summed E-state index contributed by atoms with van der Waals surface area (Å²) in [6.45, 7) is 0.231. The minimum absolute atomic E-state index is 0.0114. The molecular weight excluding hydrogens is 315 g/mol. The fraction of sp³-hybridized carbons (Fsp3) is 0.0714. The van der Waals surface area contributed by atoms with Crippen molar-refractivity contribution >= 4 is 34.8 Å². The van der Waals surface area contributed by atoms with Crippen LogP contribution in [0.3, 0.4) is 0 Å². The first-order valence-corrected chi connectivity index (χ1v) is 6.70. The van der Waals surface area contributed by atoms with Crippen molar-refractivity contribution in [1.29, 1.82) is 0 Å². The lowest BCUT2D eigenvalue weighted by Gasteiger charge is -2.07. The van der Waals surface area contributed by atoms with E-state index in [1.807, 2.05) is 0 Å². The summed E-state index contributed by atoms with van der Waals surface area (Å²) in [7, 11) is 0. The van der Waals surface area contributed by atoms with Crippen molar-refractivity contribution in [1.82, 2.24) is 5.32 Å². The quantitative estimate of drug-likeness (QED) is 0.686. The maximum absolute atomic E-state index is 12.0. The number of nitro groups is 1. The molecule has 0 unspecified atom stereocenters. The van der Waals surface area contributed by atoms with E-state index in [4.69, 9.17) is 23.2 Å². The van der Waals surface area contributed by atoms with Crippen LogP contribution in [0, 0.1) is 10.1 Å². The Morgan fingerprint density at radius 3 is 2.52 bits per heavy atom. The lowest BCUT2D eigenvalue weighted by atomic mass is 10.1. The Kier molecular flexibility index (Phi) is 4.77. The Balaban J connectivity index is 2.12. The molecule has 0 aliphatic rings. The van der Waals surface area contributed by atoms with E-state index in [0.29, 0.717) is 5.02 Å². The van der Waals surface area contributed by atoms with Crippen molar-refractivity contribution in [3.63, 3.8) is 0 Å². The van der Waals surface area contributed by atoms with Crippen LogP contribution in [0.5, 0.6) is 0 Å². The molecule has 0 atom stereocenters. The predicted octanol–water partition coefficient (Wildman–Crippen LogP) is 3.83. The van der Waals surface area contributed by atoms with Crippen molar-refractivity contribution in [3.05, 3.63) is 73.8 Å². The van der Waals surface area contributed by atoms with Gasteiger partial charge in [0.15, 0.2) is 0 Å². The summed E-state index contributed by atoms with van der Waals surface area (Å²) >= 11 is 11.7. The number of benzene rings is 2. The van der Waals surface area contributed by atoms with Crippen LogP contribution in [0.2, 0.25) is 10.0 Å². The average Bonchev–Trinajstić information content (AvgIpc) is 2.46. The molecule has 0 aliphatic heterocycles. The van der Waals surface area contributed by atoms with Crippen molar-refractivity contribution in [2.75, 3.05) is 0 Å². The summed E-state index contributed by atoms with van der Waals surface area (Å²) in [6.07, 6.45) is 0. The number of nitro benzene ring substituents is 1. The molecule has 2 rings (SSSR count). The number of rotatable bonds is 4. The number of hydrogen-bond acceptors (Lipinski definition) is 3. The van der Waals surface area contributed by atoms with Crippen LogP contribution < -0.4 is 5.32 Å². The molecule has 1 amide bonds. The van der Waals surface area contributed by atoms with E-state index in [9.17, 15) is 14.9 Å². The van der Waals surface area contributed by atoms with Gasteiger partial charge in [-0.1, -0.05) is 41.4 Å². The first-order valence-electron chi connectivity index (χ1n) is 5.94. The molecule has 0 bridgehead atoms. The molecule has 1 N–H and O–H groups in total. The molecule has 2 aromatic carbocycles. The van der Waals surface area contributed by atoms with Crippen LogP contribution in [0.4, 0.5) is 5.69 Å². The summed E-state index contributed by atoms with van der Waals surface area (Å²) < 4.78 is 0. The van der Waals surface area contributed by atoms with Crippen LogP contribution >= 0.6 is 23.2 Å². The highest BCUT2D eigenvalue weighted by Crippen LogP contribution is 2.25. The minimum Gasteiger partial charge on any atom is -0.348 e. The van der Waals surface area contributed by atoms with E-state index in [2.05, 4.69) is 5.32 Å². The Morgan fingerprint density at radius 1 is 1.14 bits per heavy atom. The van der Waals surface area contributed by atoms with E-state index < -0.39 is 10.8 Å². The fourth-order valence-electron chi connectivity index (χ4n) is 1.71. The normalized spacial score (nSPS) is 10.2. The largest absolute Gasteiger partial charge is 0.348 e. The molecule has 0 saturated carbocycles. The standard InChI is InChI=1S/C14H10Cl2N2O3/c15-11-4-2-1-3-10(11)8-17-14(19)9-5-6-12(16)13(7-9)18(20)21/h1-7H,8H2,(H,17,19). The minimum atomic E-state index is -0.632. The van der Waals surface area contributed by atoms with Gasteiger partial charge in [-0.05, 0) is 23.8 Å². The number of nitrogens with one attached hydrogen (secondary N) is 1. The lowest BCUT2D eigenvalue weighted by molar-refractivity contribution is -0.384. The molecule has 7 heteroatoms. The third-order valence-corrected chi connectivity index (χ3v) is 3.49. The van der Waals surface area contributed by atoms with Gasteiger partial charge in [0.25, 0.3) is 11.6 Å². The Hall–Kier alpha value is -2.11. The molecule has 108 valence electrons. The molecular formula is C14H10Cl2N2O3. The fourth-order valence-corrected chi connectivity index (χ4v) is 2.10. The van der Waals surface area contributed by atoms with Gasteiger partial charge in [0, 0.05) is 23.2 Å². The Morgan fingerprint density at radius 2 is 1.86 bits per heavy atom. The summed E-state index contributed by atoms with van der Waals surface area (Å²) in [4.78, 5) is 22.2. The van der Waals surface area contributed by atoms with Gasteiger partial charge in [0.05, 0.1) is 4.92 Å². The van der Waals surface area contributed by atoms with Crippen LogP contribution in [0.25, 0.3) is 0 Å². The van der Waals surface area contributed by atoms with Crippen molar-refractivity contribution in [3.8, 4) is 0 Å². The zero-order valence-corrected chi connectivity index (χ0v) is 12.2. The molecule has 0 fully saturated rings. The van der Waals surface area contributed by atoms with Crippen LogP contribution in [-0.4, -0.2) is 10.8 Å². The third kappa shape index (κ3) is 3.71. The first kappa shape index (κ1) is 15.3. The highest BCUT2D eigenvalue weighted by molar-refractivity contribution is 6.32. The predicted molar refractivity (Wildman–Crippen MR) is 80.7 cm³/mol. The van der Waals surface area contributed by atoms with Crippen LogP contribution in [-0.2, 0) is 6.54 Å². The van der Waals surface area contributed by atoms with Crippen LogP contribution in [0.15, 0.2) is 42.5 Å². The number of carbonyl (C=O) groups excluding carboxylic acids is 1. The molecule has 0 saturated heterocycles. The second-order valence-corrected chi connectivity index (χ2v) is 5.01. The molecule has 0 aliphatic carbocycles. The van der Waals surface area contributed by atoms with E-state index in [1.165, 1.54) is 12.1 Å². The number of halogens is 2. The smallest absolute Gasteiger partial charge is 0.288 e. The molecule has 2 aromatic rings. The van der Waals surface area contributed by atoms with Gasteiger partial charge < -0.3 is 5.32 Å². The maximum atomic E-state index is 12.0. The van der Waals surface area contributed by atoms with Crippen molar-refractivity contribution in [2.24, 2.45) is 0 Å². The molecule has 0 heterocycles. The maximum Gasteiger partial charge on any atom is 0.288 e. The number of nitrogens with zero attached hydrogens (tertiary/aromatic N) is 1. The zero-order chi connectivity index (χ0) is 15.4. The summed E-state index contributed by atoms with van der Waals surface area (Å²) in [5.41, 5.74) is 0.621. The van der Waals surface area contributed by atoms with Gasteiger partial charge in [0.1, 0.15) is 5.02 Å². The van der Waals surface area contributed by atoms with Crippen molar-refractivity contribution in [2.45, 2.75) is 6.54 Å². The van der Waals surface area contributed by atoms with Gasteiger partial charge in [0.2, 0.25) is 0 Å². The van der Waals surface area contributed by atoms with E-state index in [-0.39, 0.29) is 22.8 Å². The highest BCUT2D eigenvalue weighted by Gasteiger charge is 2.16. The Labute approximate surface area is 130 Å². The first-order chi connectivity index (χ1) is 9.99. The van der Waals surface area contributed by atoms with Gasteiger partial charge in [-0.3, -0.25) is 14.9 Å².